The molecule has 0 aliphatic rings. The van der Waals surface area contributed by atoms with Crippen LogP contribution >= 0.6 is 11.6 Å². The van der Waals surface area contributed by atoms with Crippen LogP contribution in [-0.2, 0) is 4.79 Å². The Bertz CT molecular complexity index is 945. The van der Waals surface area contributed by atoms with Crippen LogP contribution in [0, 0.1) is 0 Å². The van der Waals surface area contributed by atoms with Crippen LogP contribution in [0.25, 0.3) is 11.0 Å². The molecule has 0 aliphatic heterocycles. The number of ether oxygens (including phenoxy) is 2. The number of hydrogen-bond donors (Lipinski definition) is 1. The summed E-state index contributed by atoms with van der Waals surface area (Å²) in [4.78, 5) is 22.9. The summed E-state index contributed by atoms with van der Waals surface area (Å²) in [6.07, 6.45) is 1.19. The van der Waals surface area contributed by atoms with Gasteiger partial charge in [0.1, 0.15) is 23.3 Å². The predicted molar refractivity (Wildman–Crippen MR) is 87.1 cm³/mol. The molecule has 0 atom stereocenters. The van der Waals surface area contributed by atoms with Gasteiger partial charge in [-0.25, -0.2) is 4.79 Å². The van der Waals surface area contributed by atoms with Crippen molar-refractivity contribution in [3.8, 4) is 17.2 Å². The zero-order valence-electron chi connectivity index (χ0n) is 12.2. The summed E-state index contributed by atoms with van der Waals surface area (Å²) in [7, 11) is 0. The molecule has 1 N–H and O–H groups in total. The van der Waals surface area contributed by atoms with Crippen LogP contribution in [0.3, 0.4) is 0 Å². The Morgan fingerprint density at radius 1 is 1.12 bits per heavy atom. The third kappa shape index (κ3) is 3.49. The van der Waals surface area contributed by atoms with Gasteiger partial charge in [0.25, 0.3) is 0 Å². The molecule has 1 heterocycles. The lowest BCUT2D eigenvalue weighted by Gasteiger charge is -2.07. The van der Waals surface area contributed by atoms with Gasteiger partial charge in [-0.15, -0.1) is 0 Å². The Morgan fingerprint density at radius 2 is 1.83 bits per heavy atom. The van der Waals surface area contributed by atoms with Crippen molar-refractivity contribution < 1.29 is 23.8 Å². The first-order valence-corrected chi connectivity index (χ1v) is 7.24. The van der Waals surface area contributed by atoms with E-state index in [0.717, 1.165) is 0 Å². The Hall–Kier alpha value is -2.99. The largest absolute Gasteiger partial charge is 0.482 e. The lowest BCUT2D eigenvalue weighted by atomic mass is 10.2. The summed E-state index contributed by atoms with van der Waals surface area (Å²) in [6, 6.07) is 11.0. The second-order valence-electron chi connectivity index (χ2n) is 4.83. The zero-order chi connectivity index (χ0) is 17.1. The van der Waals surface area contributed by atoms with Gasteiger partial charge < -0.3 is 19.0 Å². The maximum atomic E-state index is 12.4. The fourth-order valence-electron chi connectivity index (χ4n) is 2.03. The molecule has 0 saturated carbocycles. The number of carboxylic acids is 1. The van der Waals surface area contributed by atoms with Crippen molar-refractivity contribution in [1.82, 2.24) is 0 Å². The van der Waals surface area contributed by atoms with Gasteiger partial charge >= 0.3 is 5.97 Å². The number of hydrogen-bond acceptors (Lipinski definition) is 5. The minimum atomic E-state index is -1.09. The summed E-state index contributed by atoms with van der Waals surface area (Å²) in [5.41, 5.74) is -0.0812. The van der Waals surface area contributed by atoms with Gasteiger partial charge in [-0.05, 0) is 36.4 Å². The summed E-state index contributed by atoms with van der Waals surface area (Å²) < 4.78 is 15.9. The highest BCUT2D eigenvalue weighted by molar-refractivity contribution is 6.30. The molecule has 7 heteroatoms. The molecule has 3 aromatic rings. The minimum absolute atomic E-state index is 0.0315. The molecule has 0 fully saturated rings. The smallest absolute Gasteiger partial charge is 0.341 e. The molecule has 0 radical (unpaired) electrons. The highest BCUT2D eigenvalue weighted by Crippen LogP contribution is 2.24. The molecule has 3 rings (SSSR count). The number of benzene rings is 2. The maximum Gasteiger partial charge on any atom is 0.341 e. The van der Waals surface area contributed by atoms with E-state index in [9.17, 15) is 9.59 Å². The third-order valence-corrected chi connectivity index (χ3v) is 3.37. The molecule has 0 amide bonds. The van der Waals surface area contributed by atoms with E-state index in [-0.39, 0.29) is 16.8 Å². The third-order valence-electron chi connectivity index (χ3n) is 3.12. The van der Waals surface area contributed by atoms with Crippen LogP contribution in [0.5, 0.6) is 17.2 Å². The fourth-order valence-corrected chi connectivity index (χ4v) is 2.15. The normalized spacial score (nSPS) is 10.5. The Kier molecular flexibility index (Phi) is 4.39. The van der Waals surface area contributed by atoms with E-state index in [0.29, 0.717) is 21.9 Å². The van der Waals surface area contributed by atoms with E-state index in [1.807, 2.05) is 0 Å². The van der Waals surface area contributed by atoms with Crippen molar-refractivity contribution in [2.45, 2.75) is 0 Å². The molecule has 2 aromatic carbocycles. The lowest BCUT2D eigenvalue weighted by Crippen LogP contribution is -2.09. The van der Waals surface area contributed by atoms with E-state index in [1.165, 1.54) is 24.5 Å². The fraction of sp³-hybridized carbons (Fsp3) is 0.0588. The SMILES string of the molecule is O=C(O)COc1ccc2c(=O)c(Oc3ccc(Cl)cc3)coc2c1. The molecular weight excluding hydrogens is 336 g/mol. The maximum absolute atomic E-state index is 12.4. The van der Waals surface area contributed by atoms with Gasteiger partial charge in [-0.2, -0.15) is 0 Å². The Labute approximate surface area is 140 Å². The van der Waals surface area contributed by atoms with E-state index < -0.39 is 12.6 Å². The van der Waals surface area contributed by atoms with Crippen LogP contribution < -0.4 is 14.9 Å². The first kappa shape index (κ1) is 15.9. The van der Waals surface area contributed by atoms with Crippen molar-refractivity contribution in [2.75, 3.05) is 6.61 Å². The predicted octanol–water partition coefficient (Wildman–Crippen LogP) is 3.70. The molecule has 6 nitrogen and oxygen atoms in total. The van der Waals surface area contributed by atoms with E-state index in [1.54, 1.807) is 24.3 Å². The van der Waals surface area contributed by atoms with E-state index in [4.69, 9.17) is 30.6 Å². The minimum Gasteiger partial charge on any atom is -0.482 e. The number of carbonyl (C=O) groups is 1. The van der Waals surface area contributed by atoms with Gasteiger partial charge in [0, 0.05) is 11.1 Å². The first-order valence-electron chi connectivity index (χ1n) is 6.86. The number of aliphatic carboxylic acids is 1. The average molecular weight is 347 g/mol. The van der Waals surface area contributed by atoms with Crippen LogP contribution in [0.15, 0.2) is 57.9 Å². The number of rotatable bonds is 5. The Balaban J connectivity index is 1.90. The molecule has 0 spiro atoms. The van der Waals surface area contributed by atoms with Crippen LogP contribution in [0.2, 0.25) is 5.02 Å². The first-order chi connectivity index (χ1) is 11.5. The standard InChI is InChI=1S/C17H11ClO6/c18-10-1-3-11(4-2-10)24-15-8-23-14-7-12(22-9-16(19)20)5-6-13(14)17(15)21/h1-8H,9H2,(H,19,20). The molecule has 0 bridgehead atoms. The van der Waals surface area contributed by atoms with Crippen molar-refractivity contribution >= 4 is 28.5 Å². The van der Waals surface area contributed by atoms with Crippen LogP contribution in [-0.4, -0.2) is 17.7 Å². The van der Waals surface area contributed by atoms with Gasteiger partial charge in [0.2, 0.25) is 11.2 Å². The summed E-state index contributed by atoms with van der Waals surface area (Å²) >= 11 is 5.80. The van der Waals surface area contributed by atoms with Gasteiger partial charge in [-0.1, -0.05) is 11.6 Å². The van der Waals surface area contributed by atoms with Crippen molar-refractivity contribution in [1.29, 1.82) is 0 Å². The highest BCUT2D eigenvalue weighted by atomic mass is 35.5. The Morgan fingerprint density at radius 3 is 2.54 bits per heavy atom. The molecule has 0 unspecified atom stereocenters. The number of fused-ring (bicyclic) bond motifs is 1. The summed E-state index contributed by atoms with van der Waals surface area (Å²) in [5.74, 6) is -0.320. The van der Waals surface area contributed by atoms with Crippen LogP contribution in [0.4, 0.5) is 0 Å². The molecular formula is C17H11ClO6. The van der Waals surface area contributed by atoms with Gasteiger partial charge in [-0.3, -0.25) is 4.79 Å². The van der Waals surface area contributed by atoms with Crippen molar-refractivity contribution in [2.24, 2.45) is 0 Å². The topological polar surface area (TPSA) is 86.0 Å². The quantitative estimate of drug-likeness (QED) is 0.758. The zero-order valence-corrected chi connectivity index (χ0v) is 12.9. The second-order valence-corrected chi connectivity index (χ2v) is 5.26. The summed E-state index contributed by atoms with van der Waals surface area (Å²) in [5, 5.41) is 9.46. The van der Waals surface area contributed by atoms with E-state index >= 15 is 0 Å². The van der Waals surface area contributed by atoms with Crippen molar-refractivity contribution in [3.63, 3.8) is 0 Å². The monoisotopic (exact) mass is 346 g/mol. The number of halogens is 1. The van der Waals surface area contributed by atoms with E-state index in [2.05, 4.69) is 0 Å². The molecule has 0 saturated heterocycles. The lowest BCUT2D eigenvalue weighted by molar-refractivity contribution is -0.139. The summed E-state index contributed by atoms with van der Waals surface area (Å²) in [6.45, 7) is -0.479. The molecule has 24 heavy (non-hydrogen) atoms. The van der Waals surface area contributed by atoms with Gasteiger partial charge in [0.05, 0.1) is 5.39 Å². The number of carboxylic acid groups (broad SMARTS) is 1. The highest BCUT2D eigenvalue weighted by Gasteiger charge is 2.11. The molecule has 1 aromatic heterocycles. The molecule has 122 valence electrons. The molecule has 0 aliphatic carbocycles. The van der Waals surface area contributed by atoms with Gasteiger partial charge in [0.15, 0.2) is 6.61 Å². The average Bonchev–Trinajstić information content (AvgIpc) is 2.57. The van der Waals surface area contributed by atoms with Crippen LogP contribution in [0.1, 0.15) is 0 Å². The second kappa shape index (κ2) is 6.64. The van der Waals surface area contributed by atoms with Crippen molar-refractivity contribution in [3.05, 3.63) is 64.0 Å².